The van der Waals surface area contributed by atoms with Crippen molar-refractivity contribution in [3.05, 3.63) is 113 Å². The topological polar surface area (TPSA) is 71.8 Å². The zero-order chi connectivity index (χ0) is 21.2. The Kier molecular flexibility index (Phi) is 4.80. The van der Waals surface area contributed by atoms with Crippen molar-refractivity contribution in [1.82, 2.24) is 14.8 Å². The lowest BCUT2D eigenvalue weighted by Gasteiger charge is -2.24. The molecule has 152 valence electrons. The molecule has 31 heavy (non-hydrogen) atoms. The fraction of sp³-hybridized carbons (Fsp3) is 0.0800. The smallest absolute Gasteiger partial charge is 0.258 e. The minimum absolute atomic E-state index is 0.148. The van der Waals surface area contributed by atoms with Crippen molar-refractivity contribution >= 4 is 23.5 Å². The molecule has 2 heterocycles. The van der Waals surface area contributed by atoms with Gasteiger partial charge < -0.3 is 5.32 Å². The van der Waals surface area contributed by atoms with Gasteiger partial charge in [0.2, 0.25) is 5.95 Å². The summed E-state index contributed by atoms with van der Waals surface area (Å²) in [5.41, 5.74) is 4.68. The highest BCUT2D eigenvalue weighted by molar-refractivity contribution is 6.03. The summed E-state index contributed by atoms with van der Waals surface area (Å²) in [5, 5.41) is 10.8. The molecule has 2 N–H and O–H groups in total. The van der Waals surface area contributed by atoms with E-state index in [1.54, 1.807) is 10.7 Å². The second-order valence-corrected chi connectivity index (χ2v) is 7.45. The summed E-state index contributed by atoms with van der Waals surface area (Å²) >= 11 is 0. The summed E-state index contributed by atoms with van der Waals surface area (Å²) in [7, 11) is 0. The number of amides is 1. The number of anilines is 2. The van der Waals surface area contributed by atoms with Gasteiger partial charge in [-0.3, -0.25) is 10.1 Å². The molecular weight excluding hydrogens is 386 g/mol. The predicted octanol–water partition coefficient (Wildman–Crippen LogP) is 4.89. The van der Waals surface area contributed by atoms with Crippen LogP contribution in [0.25, 0.3) is 5.70 Å². The number of nitrogens with one attached hydrogen (secondary N) is 2. The van der Waals surface area contributed by atoms with Crippen LogP contribution in [0.15, 0.2) is 91.0 Å². The van der Waals surface area contributed by atoms with E-state index in [9.17, 15) is 4.79 Å². The third-order valence-electron chi connectivity index (χ3n) is 5.20. The van der Waals surface area contributed by atoms with E-state index in [-0.39, 0.29) is 17.9 Å². The zero-order valence-corrected chi connectivity index (χ0v) is 17.0. The highest BCUT2D eigenvalue weighted by atomic mass is 16.1. The summed E-state index contributed by atoms with van der Waals surface area (Å²) in [6.45, 7) is 1.95. The van der Waals surface area contributed by atoms with Gasteiger partial charge in [0.25, 0.3) is 11.9 Å². The third-order valence-corrected chi connectivity index (χ3v) is 5.20. The molecule has 0 radical (unpaired) electrons. The number of carbonyl (C=O) groups excluding carboxylic acids is 1. The third kappa shape index (κ3) is 3.83. The van der Waals surface area contributed by atoms with Crippen LogP contribution in [0.1, 0.15) is 33.1 Å². The molecule has 1 aliphatic heterocycles. The number of aryl methyl sites for hydroxylation is 1. The standard InChI is InChI=1S/C25H21N5O/c1-17-9-8-14-20(15-17)23(31)27-24-28-25-26-21(18-10-4-2-5-11-18)16-22(30(25)29-24)19-12-6-3-7-13-19/h2-16,22H,1H3,(H2,26,27,28,29,31). The molecule has 0 aliphatic carbocycles. The number of carbonyl (C=O) groups is 1. The number of hydrogen-bond acceptors (Lipinski definition) is 4. The van der Waals surface area contributed by atoms with Crippen molar-refractivity contribution in [2.24, 2.45) is 0 Å². The van der Waals surface area contributed by atoms with E-state index in [1.807, 2.05) is 73.7 Å². The Balaban J connectivity index is 1.50. The summed E-state index contributed by atoms with van der Waals surface area (Å²) in [4.78, 5) is 17.2. The van der Waals surface area contributed by atoms with E-state index in [2.05, 4.69) is 38.9 Å². The molecule has 1 atom stereocenters. The Morgan fingerprint density at radius 3 is 2.45 bits per heavy atom. The highest BCUT2D eigenvalue weighted by Crippen LogP contribution is 2.33. The van der Waals surface area contributed by atoms with Crippen LogP contribution in [-0.2, 0) is 0 Å². The number of nitrogens with zero attached hydrogens (tertiary/aromatic N) is 3. The molecule has 0 saturated heterocycles. The lowest BCUT2D eigenvalue weighted by atomic mass is 10.0. The molecule has 0 spiro atoms. The van der Waals surface area contributed by atoms with Crippen LogP contribution >= 0.6 is 0 Å². The maximum Gasteiger partial charge on any atom is 0.258 e. The van der Waals surface area contributed by atoms with Crippen molar-refractivity contribution in [2.45, 2.75) is 13.0 Å². The molecular formula is C25H21N5O. The van der Waals surface area contributed by atoms with E-state index in [1.165, 1.54) is 0 Å². The predicted molar refractivity (Wildman–Crippen MR) is 122 cm³/mol. The quantitative estimate of drug-likeness (QED) is 0.505. The van der Waals surface area contributed by atoms with Crippen LogP contribution < -0.4 is 10.6 Å². The molecule has 1 amide bonds. The van der Waals surface area contributed by atoms with Gasteiger partial charge in [0.1, 0.15) is 6.04 Å². The Labute approximate surface area is 180 Å². The maximum absolute atomic E-state index is 12.7. The summed E-state index contributed by atoms with van der Waals surface area (Å²) in [6.07, 6.45) is 2.12. The van der Waals surface area contributed by atoms with Crippen LogP contribution in [0, 0.1) is 6.92 Å². The summed E-state index contributed by atoms with van der Waals surface area (Å²) in [6, 6.07) is 27.5. The Morgan fingerprint density at radius 1 is 0.968 bits per heavy atom. The van der Waals surface area contributed by atoms with Crippen LogP contribution in [0.4, 0.5) is 11.9 Å². The van der Waals surface area contributed by atoms with Gasteiger partial charge in [0.05, 0.1) is 0 Å². The van der Waals surface area contributed by atoms with Gasteiger partial charge in [-0.1, -0.05) is 78.4 Å². The molecule has 6 nitrogen and oxygen atoms in total. The fourth-order valence-electron chi connectivity index (χ4n) is 3.68. The van der Waals surface area contributed by atoms with Crippen molar-refractivity contribution in [3.8, 4) is 0 Å². The first kappa shape index (κ1) is 18.8. The molecule has 5 rings (SSSR count). The molecule has 1 aromatic heterocycles. The molecule has 3 aromatic carbocycles. The van der Waals surface area contributed by atoms with Gasteiger partial charge in [0.15, 0.2) is 0 Å². The lowest BCUT2D eigenvalue weighted by Crippen LogP contribution is -2.20. The monoisotopic (exact) mass is 407 g/mol. The van der Waals surface area contributed by atoms with Gasteiger partial charge in [0, 0.05) is 11.3 Å². The largest absolute Gasteiger partial charge is 0.324 e. The van der Waals surface area contributed by atoms with E-state index in [0.717, 1.165) is 22.4 Å². The number of hydrogen-bond donors (Lipinski definition) is 2. The molecule has 1 aliphatic rings. The molecule has 1 unspecified atom stereocenters. The Morgan fingerprint density at radius 2 is 1.71 bits per heavy atom. The van der Waals surface area contributed by atoms with Gasteiger partial charge in [-0.15, -0.1) is 5.10 Å². The first-order valence-corrected chi connectivity index (χ1v) is 10.1. The highest BCUT2D eigenvalue weighted by Gasteiger charge is 2.25. The van der Waals surface area contributed by atoms with Gasteiger partial charge in [-0.25, -0.2) is 4.68 Å². The average molecular weight is 407 g/mol. The van der Waals surface area contributed by atoms with Gasteiger partial charge in [-0.2, -0.15) is 4.98 Å². The number of benzene rings is 3. The van der Waals surface area contributed by atoms with Crippen molar-refractivity contribution in [1.29, 1.82) is 0 Å². The summed E-state index contributed by atoms with van der Waals surface area (Å²) < 4.78 is 1.80. The molecule has 0 fully saturated rings. The number of rotatable bonds is 4. The van der Waals surface area contributed by atoms with E-state index >= 15 is 0 Å². The molecule has 6 heteroatoms. The second-order valence-electron chi connectivity index (χ2n) is 7.45. The average Bonchev–Trinajstić information content (AvgIpc) is 3.22. The minimum Gasteiger partial charge on any atom is -0.324 e. The molecule has 0 saturated carbocycles. The van der Waals surface area contributed by atoms with Crippen molar-refractivity contribution in [3.63, 3.8) is 0 Å². The lowest BCUT2D eigenvalue weighted by molar-refractivity contribution is 0.102. The Bertz CT molecular complexity index is 1260. The molecule has 4 aromatic rings. The van der Waals surface area contributed by atoms with Crippen LogP contribution in [0.3, 0.4) is 0 Å². The van der Waals surface area contributed by atoms with Crippen LogP contribution in [0.5, 0.6) is 0 Å². The number of fused-ring (bicyclic) bond motifs is 1. The summed E-state index contributed by atoms with van der Waals surface area (Å²) in [5.74, 6) is 0.603. The molecule has 0 bridgehead atoms. The van der Waals surface area contributed by atoms with E-state index in [4.69, 9.17) is 0 Å². The zero-order valence-electron chi connectivity index (χ0n) is 17.0. The second kappa shape index (κ2) is 7.91. The normalized spacial score (nSPS) is 14.9. The van der Waals surface area contributed by atoms with Crippen molar-refractivity contribution < 1.29 is 4.79 Å². The SMILES string of the molecule is Cc1cccc(C(=O)Nc2nc3n(n2)C(c2ccccc2)C=C(c2ccccc2)N3)c1. The number of allylic oxidation sites excluding steroid dienone is 1. The first-order valence-electron chi connectivity index (χ1n) is 10.1. The Hall–Kier alpha value is -4.19. The van der Waals surface area contributed by atoms with Gasteiger partial charge >= 0.3 is 0 Å². The van der Waals surface area contributed by atoms with Crippen LogP contribution in [-0.4, -0.2) is 20.7 Å². The van der Waals surface area contributed by atoms with Crippen molar-refractivity contribution in [2.75, 3.05) is 10.6 Å². The first-order chi connectivity index (χ1) is 15.2. The minimum atomic E-state index is -0.237. The fourth-order valence-corrected chi connectivity index (χ4v) is 3.68. The van der Waals surface area contributed by atoms with Gasteiger partial charge in [-0.05, 0) is 36.3 Å². The number of aromatic nitrogens is 3. The van der Waals surface area contributed by atoms with Crippen LogP contribution in [0.2, 0.25) is 0 Å². The maximum atomic E-state index is 12.7. The van der Waals surface area contributed by atoms with E-state index < -0.39 is 0 Å². The van der Waals surface area contributed by atoms with E-state index in [0.29, 0.717) is 11.5 Å².